The number of piperidine rings is 1. The third-order valence-electron chi connectivity index (χ3n) is 8.28. The molecule has 2 aliphatic carbocycles. The number of amides is 3. The summed E-state index contributed by atoms with van der Waals surface area (Å²) >= 11 is 1.93. The van der Waals surface area contributed by atoms with Gasteiger partial charge in [-0.3, -0.25) is 19.7 Å². The lowest BCUT2D eigenvalue weighted by Gasteiger charge is -2.34. The Labute approximate surface area is 212 Å². The molecule has 2 heterocycles. The first-order chi connectivity index (χ1) is 17.0. The number of nitrogens with one attached hydrogen (secondary N) is 2. The summed E-state index contributed by atoms with van der Waals surface area (Å²) in [4.78, 5) is 39.6. The summed E-state index contributed by atoms with van der Waals surface area (Å²) in [6, 6.07) is 6.08. The Kier molecular flexibility index (Phi) is 7.80. The number of ether oxygens (including phenoxy) is 1. The van der Waals surface area contributed by atoms with Gasteiger partial charge in [0.2, 0.25) is 11.8 Å². The molecular weight excluding hydrogens is 462 g/mol. The second-order valence-electron chi connectivity index (χ2n) is 10.6. The zero-order valence-electron chi connectivity index (χ0n) is 20.6. The van der Waals surface area contributed by atoms with Crippen molar-refractivity contribution < 1.29 is 19.1 Å². The van der Waals surface area contributed by atoms with Crippen LogP contribution in [0.2, 0.25) is 0 Å². The number of benzene rings is 1. The maximum Gasteiger partial charge on any atom is 0.255 e. The predicted molar refractivity (Wildman–Crippen MR) is 135 cm³/mol. The lowest BCUT2D eigenvalue weighted by atomic mass is 9.86. The number of fused-ring (bicyclic) bond motifs is 1. The molecule has 2 N–H and O–H groups in total. The van der Waals surface area contributed by atoms with E-state index >= 15 is 0 Å². The number of nitrogens with zero attached hydrogens (tertiary/aromatic N) is 1. The molecule has 0 spiro atoms. The van der Waals surface area contributed by atoms with Gasteiger partial charge in [0.1, 0.15) is 6.04 Å². The smallest absolute Gasteiger partial charge is 0.255 e. The molecule has 0 bridgehead atoms. The van der Waals surface area contributed by atoms with Crippen molar-refractivity contribution in [2.75, 3.05) is 13.7 Å². The van der Waals surface area contributed by atoms with Crippen molar-refractivity contribution in [2.45, 2.75) is 99.1 Å². The first-order valence-corrected chi connectivity index (χ1v) is 14.1. The van der Waals surface area contributed by atoms with Crippen LogP contribution in [0.3, 0.4) is 0 Å². The lowest BCUT2D eigenvalue weighted by Crippen LogP contribution is -2.52. The number of methoxy groups -OCH3 is 1. The van der Waals surface area contributed by atoms with Gasteiger partial charge < -0.3 is 15.0 Å². The van der Waals surface area contributed by atoms with Crippen LogP contribution in [0.4, 0.5) is 0 Å². The number of hydrogen-bond acceptors (Lipinski definition) is 6. The van der Waals surface area contributed by atoms with Crippen LogP contribution < -0.4 is 10.6 Å². The Hall–Kier alpha value is -1.90. The second-order valence-corrected chi connectivity index (χ2v) is 11.9. The van der Waals surface area contributed by atoms with Crippen LogP contribution in [0.5, 0.6) is 0 Å². The summed E-state index contributed by atoms with van der Waals surface area (Å²) in [6.07, 6.45) is 10.9. The summed E-state index contributed by atoms with van der Waals surface area (Å²) in [5.74, 6) is 0.0286. The van der Waals surface area contributed by atoms with Gasteiger partial charge in [0.05, 0.1) is 6.10 Å². The van der Waals surface area contributed by atoms with Crippen LogP contribution in [0.25, 0.3) is 0 Å². The summed E-state index contributed by atoms with van der Waals surface area (Å²) in [6.45, 7) is 1.53. The third kappa shape index (κ3) is 5.59. The molecule has 1 aromatic rings. The molecule has 190 valence electrons. The number of imide groups is 1. The Morgan fingerprint density at radius 1 is 1.06 bits per heavy atom. The molecule has 1 aromatic carbocycles. The highest BCUT2D eigenvalue weighted by Crippen LogP contribution is 2.37. The molecular formula is C27H37N3O4S. The van der Waals surface area contributed by atoms with Gasteiger partial charge in [-0.1, -0.05) is 12.8 Å². The largest absolute Gasteiger partial charge is 0.381 e. The van der Waals surface area contributed by atoms with Crippen molar-refractivity contribution in [1.29, 1.82) is 0 Å². The molecule has 5 rings (SSSR count). The molecule has 0 radical (unpaired) electrons. The molecule has 2 saturated carbocycles. The van der Waals surface area contributed by atoms with E-state index in [1.807, 2.05) is 24.9 Å². The van der Waals surface area contributed by atoms with E-state index in [9.17, 15) is 14.4 Å². The fourth-order valence-electron chi connectivity index (χ4n) is 6.16. The van der Waals surface area contributed by atoms with Crippen LogP contribution >= 0.6 is 11.8 Å². The van der Waals surface area contributed by atoms with Gasteiger partial charge in [-0.2, -0.15) is 0 Å². The highest BCUT2D eigenvalue weighted by atomic mass is 32.2. The normalized spacial score (nSPS) is 31.4. The SMILES string of the molecule is COC1CCC(CN[C@H]2CCCC[C@@H]2Sc2ccc3c(c2)CN(C2CCC(=O)NC2=O)C3=O)CC1. The first kappa shape index (κ1) is 24.8. The second kappa shape index (κ2) is 11.0. The highest BCUT2D eigenvalue weighted by molar-refractivity contribution is 8.00. The molecule has 3 atom stereocenters. The van der Waals surface area contributed by atoms with Gasteiger partial charge >= 0.3 is 0 Å². The minimum absolute atomic E-state index is 0.105. The van der Waals surface area contributed by atoms with E-state index in [4.69, 9.17) is 4.74 Å². The van der Waals surface area contributed by atoms with E-state index in [-0.39, 0.29) is 24.1 Å². The fraction of sp³-hybridized carbons (Fsp3) is 0.667. The number of rotatable bonds is 7. The van der Waals surface area contributed by atoms with Gasteiger partial charge in [-0.15, -0.1) is 11.8 Å². The van der Waals surface area contributed by atoms with E-state index in [0.29, 0.717) is 35.9 Å². The summed E-state index contributed by atoms with van der Waals surface area (Å²) in [5.41, 5.74) is 1.67. The minimum atomic E-state index is -0.561. The van der Waals surface area contributed by atoms with E-state index in [2.05, 4.69) is 22.8 Å². The van der Waals surface area contributed by atoms with Crippen LogP contribution in [-0.2, 0) is 20.9 Å². The molecule has 35 heavy (non-hydrogen) atoms. The zero-order valence-corrected chi connectivity index (χ0v) is 21.4. The van der Waals surface area contributed by atoms with Gasteiger partial charge in [-0.05, 0) is 81.2 Å². The van der Waals surface area contributed by atoms with E-state index in [1.54, 1.807) is 4.90 Å². The molecule has 4 aliphatic rings. The van der Waals surface area contributed by atoms with E-state index < -0.39 is 6.04 Å². The number of carbonyl (C=O) groups excluding carboxylic acids is 3. The molecule has 3 amide bonds. The van der Waals surface area contributed by atoms with Crippen LogP contribution in [0, 0.1) is 5.92 Å². The zero-order chi connectivity index (χ0) is 24.4. The Morgan fingerprint density at radius 2 is 1.86 bits per heavy atom. The van der Waals surface area contributed by atoms with Gasteiger partial charge in [0.25, 0.3) is 5.91 Å². The number of thioether (sulfide) groups is 1. The van der Waals surface area contributed by atoms with Crippen LogP contribution in [0.1, 0.15) is 80.1 Å². The molecule has 1 unspecified atom stereocenters. The number of hydrogen-bond donors (Lipinski definition) is 2. The molecule has 8 heteroatoms. The maximum absolute atomic E-state index is 13.0. The molecule has 2 aliphatic heterocycles. The average molecular weight is 500 g/mol. The molecule has 0 aromatic heterocycles. The van der Waals surface area contributed by atoms with Crippen LogP contribution in [-0.4, -0.2) is 59.7 Å². The van der Waals surface area contributed by atoms with Crippen molar-refractivity contribution in [1.82, 2.24) is 15.5 Å². The third-order valence-corrected chi connectivity index (χ3v) is 9.67. The summed E-state index contributed by atoms with van der Waals surface area (Å²) in [5, 5.41) is 6.82. The quantitative estimate of drug-likeness (QED) is 0.557. The van der Waals surface area contributed by atoms with Crippen molar-refractivity contribution in [3.63, 3.8) is 0 Å². The predicted octanol–water partition coefficient (Wildman–Crippen LogP) is 3.65. The van der Waals surface area contributed by atoms with Gasteiger partial charge in [-0.25, -0.2) is 0 Å². The fourth-order valence-corrected chi connectivity index (χ4v) is 7.55. The monoisotopic (exact) mass is 499 g/mol. The molecule has 1 saturated heterocycles. The number of carbonyl (C=O) groups is 3. The standard InChI is InChI=1S/C27H37N3O4S/c1-34-19-8-6-17(7-9-19)15-28-22-4-2-3-5-24(22)35-20-10-11-21-18(14-20)16-30(27(21)33)23-12-13-25(31)29-26(23)32/h10-11,14,17,19,22-24,28H,2-9,12-13,15-16H2,1H3,(H,29,31,32)/t17?,19?,22-,23?,24-/m0/s1. The first-order valence-electron chi connectivity index (χ1n) is 13.2. The summed E-state index contributed by atoms with van der Waals surface area (Å²) < 4.78 is 5.53. The average Bonchev–Trinajstić information content (AvgIpc) is 3.19. The maximum atomic E-state index is 13.0. The Balaban J connectivity index is 1.19. The van der Waals surface area contributed by atoms with Crippen LogP contribution in [0.15, 0.2) is 23.1 Å². The topological polar surface area (TPSA) is 87.7 Å². The lowest BCUT2D eigenvalue weighted by molar-refractivity contribution is -0.136. The van der Waals surface area contributed by atoms with Crippen molar-refractivity contribution >= 4 is 29.5 Å². The minimum Gasteiger partial charge on any atom is -0.381 e. The van der Waals surface area contributed by atoms with Crippen molar-refractivity contribution in [2.24, 2.45) is 5.92 Å². The Bertz CT molecular complexity index is 962. The van der Waals surface area contributed by atoms with Crippen molar-refractivity contribution in [3.05, 3.63) is 29.3 Å². The summed E-state index contributed by atoms with van der Waals surface area (Å²) in [7, 11) is 1.83. The molecule has 3 fully saturated rings. The Morgan fingerprint density at radius 3 is 2.63 bits per heavy atom. The van der Waals surface area contributed by atoms with Crippen molar-refractivity contribution in [3.8, 4) is 0 Å². The highest BCUT2D eigenvalue weighted by Gasteiger charge is 2.39. The van der Waals surface area contributed by atoms with Gasteiger partial charge in [0, 0.05) is 41.8 Å². The van der Waals surface area contributed by atoms with Gasteiger partial charge in [0.15, 0.2) is 0 Å². The molecule has 7 nitrogen and oxygen atoms in total. The van der Waals surface area contributed by atoms with E-state index in [1.165, 1.54) is 56.3 Å². The van der Waals surface area contributed by atoms with E-state index in [0.717, 1.165) is 18.0 Å².